The lowest BCUT2D eigenvalue weighted by Gasteiger charge is -2.09. The van der Waals surface area contributed by atoms with Crippen LogP contribution in [0.1, 0.15) is 49.7 Å². The van der Waals surface area contributed by atoms with Crippen molar-refractivity contribution >= 4 is 16.9 Å². The number of aromatic carboxylic acids is 1. The summed E-state index contributed by atoms with van der Waals surface area (Å²) in [5.41, 5.74) is 2.21. The van der Waals surface area contributed by atoms with E-state index in [1.165, 1.54) is 0 Å². The van der Waals surface area contributed by atoms with E-state index < -0.39 is 5.97 Å². The first-order valence-electron chi connectivity index (χ1n) is 6.89. The molecule has 1 N–H and O–H groups in total. The summed E-state index contributed by atoms with van der Waals surface area (Å²) >= 11 is 0. The number of carboxylic acid groups (broad SMARTS) is 1. The van der Waals surface area contributed by atoms with E-state index in [2.05, 4.69) is 18.4 Å². The van der Waals surface area contributed by atoms with E-state index in [-0.39, 0.29) is 12.1 Å². The first-order chi connectivity index (χ1) is 9.41. The van der Waals surface area contributed by atoms with Gasteiger partial charge in [-0.3, -0.25) is 0 Å². The summed E-state index contributed by atoms with van der Waals surface area (Å²) in [4.78, 5) is 11.4. The van der Waals surface area contributed by atoms with Crippen LogP contribution in [0.25, 0.3) is 10.9 Å². The second-order valence-electron chi connectivity index (χ2n) is 5.52. The Morgan fingerprint density at radius 3 is 2.55 bits per heavy atom. The number of carbonyl (C=O) groups is 1. The summed E-state index contributed by atoms with van der Waals surface area (Å²) in [5.74, 6) is -0.900. The Morgan fingerprint density at radius 2 is 2.00 bits per heavy atom. The van der Waals surface area contributed by atoms with Crippen molar-refractivity contribution in [3.05, 3.63) is 35.5 Å². The quantitative estimate of drug-likeness (QED) is 0.901. The molecule has 0 amide bonds. The van der Waals surface area contributed by atoms with E-state index in [1.54, 1.807) is 12.1 Å². The Kier molecular flexibility index (Phi) is 4.14. The maximum atomic E-state index is 11.4. The van der Waals surface area contributed by atoms with Crippen molar-refractivity contribution in [1.29, 1.82) is 0 Å². The van der Waals surface area contributed by atoms with E-state index in [0.29, 0.717) is 12.2 Å². The first kappa shape index (κ1) is 14.6. The molecule has 0 saturated heterocycles. The molecular weight excluding hydrogens is 254 g/mol. The van der Waals surface area contributed by atoms with E-state index in [9.17, 15) is 9.90 Å². The predicted molar refractivity (Wildman–Crippen MR) is 79.2 cm³/mol. The van der Waals surface area contributed by atoms with Gasteiger partial charge in [0.1, 0.15) is 0 Å². The van der Waals surface area contributed by atoms with Gasteiger partial charge in [0.2, 0.25) is 0 Å². The van der Waals surface area contributed by atoms with Crippen LogP contribution in [0, 0.1) is 0 Å². The first-order valence-corrected chi connectivity index (χ1v) is 6.89. The molecule has 0 aliphatic rings. The van der Waals surface area contributed by atoms with Gasteiger partial charge in [0.05, 0.1) is 18.3 Å². The van der Waals surface area contributed by atoms with Crippen LogP contribution in [0.4, 0.5) is 0 Å². The fourth-order valence-corrected chi connectivity index (χ4v) is 2.37. The van der Waals surface area contributed by atoms with Gasteiger partial charge in [-0.2, -0.15) is 0 Å². The molecule has 108 valence electrons. The standard InChI is InChI=1S/C16H21NO3/c1-10(2)17-8-12(9-20-11(3)4)15-13(16(18)19)6-5-7-14(15)17/h5-8,10-11H,9H2,1-4H3,(H,18,19). The van der Waals surface area contributed by atoms with E-state index in [0.717, 1.165) is 16.5 Å². The van der Waals surface area contributed by atoms with Crippen LogP contribution < -0.4 is 0 Å². The van der Waals surface area contributed by atoms with Gasteiger partial charge in [0, 0.05) is 28.7 Å². The Balaban J connectivity index is 2.63. The summed E-state index contributed by atoms with van der Waals surface area (Å²) < 4.78 is 7.76. The van der Waals surface area contributed by atoms with Gasteiger partial charge in [0.15, 0.2) is 0 Å². The largest absolute Gasteiger partial charge is 0.478 e. The Morgan fingerprint density at radius 1 is 1.30 bits per heavy atom. The lowest BCUT2D eigenvalue weighted by molar-refractivity contribution is 0.0661. The number of hydrogen-bond donors (Lipinski definition) is 1. The molecule has 0 bridgehead atoms. The van der Waals surface area contributed by atoms with Gasteiger partial charge in [-0.15, -0.1) is 0 Å². The molecule has 0 atom stereocenters. The molecule has 0 radical (unpaired) electrons. The van der Waals surface area contributed by atoms with Crippen LogP contribution in [-0.2, 0) is 11.3 Å². The summed E-state index contributed by atoms with van der Waals surface area (Å²) in [5, 5.41) is 10.2. The van der Waals surface area contributed by atoms with Gasteiger partial charge >= 0.3 is 5.97 Å². The third-order valence-corrected chi connectivity index (χ3v) is 3.30. The molecule has 20 heavy (non-hydrogen) atoms. The average molecular weight is 275 g/mol. The molecule has 4 heteroatoms. The Labute approximate surface area is 119 Å². The molecule has 1 aromatic carbocycles. The minimum atomic E-state index is -0.900. The molecule has 1 aromatic heterocycles. The van der Waals surface area contributed by atoms with Crippen molar-refractivity contribution in [2.45, 2.75) is 46.4 Å². The molecule has 1 heterocycles. The second kappa shape index (κ2) is 5.67. The number of nitrogens with zero attached hydrogens (tertiary/aromatic N) is 1. The van der Waals surface area contributed by atoms with Gasteiger partial charge in [-0.1, -0.05) is 6.07 Å². The summed E-state index contributed by atoms with van der Waals surface area (Å²) in [6, 6.07) is 5.67. The zero-order valence-corrected chi connectivity index (χ0v) is 12.4. The lowest BCUT2D eigenvalue weighted by Crippen LogP contribution is -2.03. The van der Waals surface area contributed by atoms with E-state index in [1.807, 2.05) is 26.1 Å². The highest BCUT2D eigenvalue weighted by Gasteiger charge is 2.17. The zero-order chi connectivity index (χ0) is 14.9. The van der Waals surface area contributed by atoms with Gasteiger partial charge in [-0.05, 0) is 39.8 Å². The fraction of sp³-hybridized carbons (Fsp3) is 0.438. The maximum absolute atomic E-state index is 11.4. The number of hydrogen-bond acceptors (Lipinski definition) is 2. The third kappa shape index (κ3) is 2.70. The number of ether oxygens (including phenoxy) is 1. The molecule has 0 aliphatic heterocycles. The SMILES string of the molecule is CC(C)OCc1cn(C(C)C)c2cccc(C(=O)O)c12. The Bertz CT molecular complexity index is 626. The lowest BCUT2D eigenvalue weighted by atomic mass is 10.1. The minimum absolute atomic E-state index is 0.115. The number of fused-ring (bicyclic) bond motifs is 1. The second-order valence-corrected chi connectivity index (χ2v) is 5.52. The van der Waals surface area contributed by atoms with Crippen LogP contribution in [0.2, 0.25) is 0 Å². The molecule has 2 rings (SSSR count). The summed E-state index contributed by atoms with van der Waals surface area (Å²) in [7, 11) is 0. The van der Waals surface area contributed by atoms with Crippen LogP contribution in [0.3, 0.4) is 0 Å². The highest BCUT2D eigenvalue weighted by atomic mass is 16.5. The molecule has 0 aliphatic carbocycles. The van der Waals surface area contributed by atoms with Gasteiger partial charge in [0.25, 0.3) is 0 Å². The van der Waals surface area contributed by atoms with Crippen molar-refractivity contribution in [2.24, 2.45) is 0 Å². The highest BCUT2D eigenvalue weighted by Crippen LogP contribution is 2.28. The van der Waals surface area contributed by atoms with Crippen LogP contribution >= 0.6 is 0 Å². The molecule has 2 aromatic rings. The third-order valence-electron chi connectivity index (χ3n) is 3.30. The summed E-state index contributed by atoms with van der Waals surface area (Å²) in [6.45, 7) is 8.54. The van der Waals surface area contributed by atoms with E-state index >= 15 is 0 Å². The van der Waals surface area contributed by atoms with Gasteiger partial charge < -0.3 is 14.4 Å². The van der Waals surface area contributed by atoms with Crippen LogP contribution in [-0.4, -0.2) is 21.7 Å². The smallest absolute Gasteiger partial charge is 0.336 e. The van der Waals surface area contributed by atoms with Gasteiger partial charge in [-0.25, -0.2) is 4.79 Å². The zero-order valence-electron chi connectivity index (χ0n) is 12.4. The summed E-state index contributed by atoms with van der Waals surface area (Å²) in [6.07, 6.45) is 2.12. The van der Waals surface area contributed by atoms with E-state index in [4.69, 9.17) is 4.74 Å². The Hall–Kier alpha value is -1.81. The maximum Gasteiger partial charge on any atom is 0.336 e. The fourth-order valence-electron chi connectivity index (χ4n) is 2.37. The number of carboxylic acids is 1. The molecule has 4 nitrogen and oxygen atoms in total. The molecule has 0 spiro atoms. The number of aromatic nitrogens is 1. The molecule has 0 saturated carbocycles. The van der Waals surface area contributed by atoms with Crippen molar-refractivity contribution in [3.63, 3.8) is 0 Å². The number of benzene rings is 1. The number of rotatable bonds is 5. The molecule has 0 fully saturated rings. The average Bonchev–Trinajstić information content (AvgIpc) is 2.75. The minimum Gasteiger partial charge on any atom is -0.478 e. The molecule has 0 unspecified atom stereocenters. The van der Waals surface area contributed by atoms with Crippen LogP contribution in [0.15, 0.2) is 24.4 Å². The predicted octanol–water partition coefficient (Wildman–Crippen LogP) is 3.85. The van der Waals surface area contributed by atoms with Crippen LogP contribution in [0.5, 0.6) is 0 Å². The van der Waals surface area contributed by atoms with Crippen molar-refractivity contribution in [3.8, 4) is 0 Å². The van der Waals surface area contributed by atoms with Crippen molar-refractivity contribution in [1.82, 2.24) is 4.57 Å². The van der Waals surface area contributed by atoms with Crippen molar-refractivity contribution in [2.75, 3.05) is 0 Å². The normalized spacial score (nSPS) is 11.7. The highest BCUT2D eigenvalue weighted by molar-refractivity contribution is 6.04. The topological polar surface area (TPSA) is 51.5 Å². The monoisotopic (exact) mass is 275 g/mol. The van der Waals surface area contributed by atoms with Crippen molar-refractivity contribution < 1.29 is 14.6 Å². The molecular formula is C16H21NO3.